The predicted molar refractivity (Wildman–Crippen MR) is 102 cm³/mol. The summed E-state index contributed by atoms with van der Waals surface area (Å²) in [7, 11) is 0. The highest BCUT2D eigenvalue weighted by atomic mass is 32.2. The van der Waals surface area contributed by atoms with Crippen molar-refractivity contribution in [1.82, 2.24) is 20.3 Å². The number of benzene rings is 2. The molecule has 2 heterocycles. The fraction of sp³-hybridized carbons (Fsp3) is 0.100. The van der Waals surface area contributed by atoms with E-state index < -0.39 is 0 Å². The van der Waals surface area contributed by atoms with Crippen molar-refractivity contribution < 1.29 is 4.52 Å². The van der Waals surface area contributed by atoms with E-state index in [1.807, 2.05) is 73.7 Å². The van der Waals surface area contributed by atoms with E-state index in [1.165, 1.54) is 17.3 Å². The zero-order valence-corrected chi connectivity index (χ0v) is 15.0. The normalized spacial score (nSPS) is 10.8. The van der Waals surface area contributed by atoms with Gasteiger partial charge in [-0.15, -0.1) is 10.2 Å². The first-order chi connectivity index (χ1) is 12.8. The fourth-order valence-corrected chi connectivity index (χ4v) is 3.08. The van der Waals surface area contributed by atoms with Crippen LogP contribution in [0.15, 0.2) is 76.3 Å². The maximum Gasteiger partial charge on any atom is 0.237 e. The van der Waals surface area contributed by atoms with Gasteiger partial charge in [-0.25, -0.2) is 0 Å². The number of hydrogen-bond acceptors (Lipinski definition) is 6. The van der Waals surface area contributed by atoms with Crippen molar-refractivity contribution >= 4 is 11.8 Å². The Hall–Kier alpha value is -2.99. The van der Waals surface area contributed by atoms with Gasteiger partial charge >= 0.3 is 0 Å². The molecule has 6 heteroatoms. The number of aromatic nitrogens is 4. The Kier molecular flexibility index (Phi) is 4.75. The first kappa shape index (κ1) is 16.5. The molecule has 0 bridgehead atoms. The largest absolute Gasteiger partial charge is 0.338 e. The van der Waals surface area contributed by atoms with Gasteiger partial charge in [0.25, 0.3) is 0 Å². The molecule has 0 saturated heterocycles. The van der Waals surface area contributed by atoms with Crippen molar-refractivity contribution in [2.45, 2.75) is 17.7 Å². The van der Waals surface area contributed by atoms with Crippen LogP contribution in [0.3, 0.4) is 0 Å². The quantitative estimate of drug-likeness (QED) is 0.477. The lowest BCUT2D eigenvalue weighted by Gasteiger charge is -2.01. The molecule has 4 aromatic rings. The Balaban J connectivity index is 1.41. The second-order valence-electron chi connectivity index (χ2n) is 5.79. The molecule has 2 aromatic carbocycles. The van der Waals surface area contributed by atoms with Crippen LogP contribution < -0.4 is 0 Å². The molecule has 0 saturated carbocycles. The van der Waals surface area contributed by atoms with E-state index in [0.717, 1.165) is 21.8 Å². The van der Waals surface area contributed by atoms with Crippen LogP contribution in [0, 0.1) is 6.92 Å². The van der Waals surface area contributed by atoms with Crippen molar-refractivity contribution in [3.05, 3.63) is 78.2 Å². The van der Waals surface area contributed by atoms with Gasteiger partial charge in [-0.1, -0.05) is 77.1 Å². The molecule has 0 aliphatic heterocycles. The molecule has 2 aromatic heterocycles. The Labute approximate surface area is 155 Å². The minimum atomic E-state index is 0.554. The maximum atomic E-state index is 5.33. The Morgan fingerprint density at radius 3 is 2.38 bits per heavy atom. The molecule has 0 radical (unpaired) electrons. The van der Waals surface area contributed by atoms with Gasteiger partial charge in [-0.3, -0.25) is 0 Å². The molecule has 0 aliphatic rings. The van der Waals surface area contributed by atoms with Gasteiger partial charge in [0.15, 0.2) is 0 Å². The standard InChI is InChI=1S/C20H16N4OS/c1-14-7-9-16(10-8-14)20-21-18(25-24-20)13-26-19-12-11-17(22-23-19)15-5-3-2-4-6-15/h2-12H,13H2,1H3. The summed E-state index contributed by atoms with van der Waals surface area (Å²) in [5, 5.41) is 13.4. The minimum Gasteiger partial charge on any atom is -0.338 e. The highest BCUT2D eigenvalue weighted by Gasteiger charge is 2.10. The smallest absolute Gasteiger partial charge is 0.237 e. The van der Waals surface area contributed by atoms with E-state index in [4.69, 9.17) is 4.52 Å². The summed E-state index contributed by atoms with van der Waals surface area (Å²) in [6.45, 7) is 2.05. The van der Waals surface area contributed by atoms with E-state index in [0.29, 0.717) is 17.5 Å². The lowest BCUT2D eigenvalue weighted by molar-refractivity contribution is 0.391. The Bertz CT molecular complexity index is 983. The van der Waals surface area contributed by atoms with Crippen molar-refractivity contribution in [2.75, 3.05) is 0 Å². The zero-order valence-electron chi connectivity index (χ0n) is 14.2. The molecular weight excluding hydrogens is 344 g/mol. The number of nitrogens with zero attached hydrogens (tertiary/aromatic N) is 4. The molecule has 0 fully saturated rings. The fourth-order valence-electron chi connectivity index (χ4n) is 2.43. The van der Waals surface area contributed by atoms with Crippen molar-refractivity contribution in [2.24, 2.45) is 0 Å². The summed E-state index contributed by atoms with van der Waals surface area (Å²) in [5.41, 5.74) is 4.05. The molecular formula is C20H16N4OS. The third-order valence-corrected chi connectivity index (χ3v) is 4.74. The van der Waals surface area contributed by atoms with Crippen LogP contribution in [0.4, 0.5) is 0 Å². The highest BCUT2D eigenvalue weighted by molar-refractivity contribution is 7.98. The second kappa shape index (κ2) is 7.49. The molecule has 0 unspecified atom stereocenters. The molecule has 0 aliphatic carbocycles. The third-order valence-electron chi connectivity index (χ3n) is 3.83. The number of thioether (sulfide) groups is 1. The summed E-state index contributed by atoms with van der Waals surface area (Å²) in [6, 6.07) is 22.0. The van der Waals surface area contributed by atoms with Crippen LogP contribution in [0.25, 0.3) is 22.6 Å². The Morgan fingerprint density at radius 2 is 1.65 bits per heavy atom. The van der Waals surface area contributed by atoms with Gasteiger partial charge in [0.2, 0.25) is 11.7 Å². The van der Waals surface area contributed by atoms with Gasteiger partial charge in [0.05, 0.1) is 11.4 Å². The monoisotopic (exact) mass is 360 g/mol. The average Bonchev–Trinajstić information content (AvgIpc) is 3.17. The van der Waals surface area contributed by atoms with E-state index in [2.05, 4.69) is 20.3 Å². The van der Waals surface area contributed by atoms with Crippen LogP contribution in [-0.2, 0) is 5.75 Å². The first-order valence-electron chi connectivity index (χ1n) is 8.19. The van der Waals surface area contributed by atoms with Gasteiger partial charge in [-0.05, 0) is 19.1 Å². The molecule has 0 spiro atoms. The number of rotatable bonds is 5. The van der Waals surface area contributed by atoms with Gasteiger partial charge < -0.3 is 4.52 Å². The number of hydrogen-bond donors (Lipinski definition) is 0. The maximum absolute atomic E-state index is 5.33. The zero-order chi connectivity index (χ0) is 17.8. The molecule has 0 amide bonds. The summed E-state index contributed by atoms with van der Waals surface area (Å²) in [6.07, 6.45) is 0. The van der Waals surface area contributed by atoms with E-state index in [-0.39, 0.29) is 0 Å². The SMILES string of the molecule is Cc1ccc(-c2noc(CSc3ccc(-c4ccccc4)nn3)n2)cc1. The molecule has 0 N–H and O–H groups in total. The van der Waals surface area contributed by atoms with Crippen molar-refractivity contribution in [1.29, 1.82) is 0 Å². The van der Waals surface area contributed by atoms with Gasteiger partial charge in [0, 0.05) is 11.1 Å². The topological polar surface area (TPSA) is 64.7 Å². The van der Waals surface area contributed by atoms with Crippen LogP contribution in [-0.4, -0.2) is 20.3 Å². The van der Waals surface area contributed by atoms with Crippen molar-refractivity contribution in [3.8, 4) is 22.6 Å². The lowest BCUT2D eigenvalue weighted by atomic mass is 10.1. The summed E-state index contributed by atoms with van der Waals surface area (Å²) >= 11 is 1.52. The second-order valence-corrected chi connectivity index (χ2v) is 6.78. The minimum absolute atomic E-state index is 0.554. The summed E-state index contributed by atoms with van der Waals surface area (Å²) in [5.74, 6) is 1.73. The first-order valence-corrected chi connectivity index (χ1v) is 9.18. The van der Waals surface area contributed by atoms with Crippen LogP contribution >= 0.6 is 11.8 Å². The predicted octanol–water partition coefficient (Wildman–Crippen LogP) is 4.79. The average molecular weight is 360 g/mol. The summed E-state index contributed by atoms with van der Waals surface area (Å²) < 4.78 is 5.33. The van der Waals surface area contributed by atoms with Crippen LogP contribution in [0.5, 0.6) is 0 Å². The van der Waals surface area contributed by atoms with E-state index >= 15 is 0 Å². The summed E-state index contributed by atoms with van der Waals surface area (Å²) in [4.78, 5) is 4.44. The van der Waals surface area contributed by atoms with E-state index in [9.17, 15) is 0 Å². The Morgan fingerprint density at radius 1 is 0.846 bits per heavy atom. The third kappa shape index (κ3) is 3.81. The molecule has 5 nitrogen and oxygen atoms in total. The van der Waals surface area contributed by atoms with Crippen molar-refractivity contribution in [3.63, 3.8) is 0 Å². The molecule has 128 valence electrons. The van der Waals surface area contributed by atoms with Gasteiger partial charge in [-0.2, -0.15) is 4.98 Å². The molecule has 0 atom stereocenters. The van der Waals surface area contributed by atoms with Crippen LogP contribution in [0.2, 0.25) is 0 Å². The van der Waals surface area contributed by atoms with Crippen LogP contribution in [0.1, 0.15) is 11.5 Å². The van der Waals surface area contributed by atoms with Gasteiger partial charge in [0.1, 0.15) is 5.03 Å². The number of aryl methyl sites for hydroxylation is 1. The molecule has 26 heavy (non-hydrogen) atoms. The highest BCUT2D eigenvalue weighted by Crippen LogP contribution is 2.23. The lowest BCUT2D eigenvalue weighted by Crippen LogP contribution is -1.90. The molecule has 4 rings (SSSR count). The van der Waals surface area contributed by atoms with E-state index in [1.54, 1.807) is 0 Å².